The van der Waals surface area contributed by atoms with E-state index in [9.17, 15) is 0 Å². The number of halogens is 3. The second-order valence-electron chi connectivity index (χ2n) is 4.23. The highest BCUT2D eigenvalue weighted by atomic mass is 127. The quantitative estimate of drug-likeness (QED) is 0.402. The Morgan fingerprint density at radius 3 is 2.63 bits per heavy atom. The maximum atomic E-state index is 6.16. The first-order chi connectivity index (χ1) is 8.52. The lowest BCUT2D eigenvalue weighted by Gasteiger charge is -2.14. The Kier molecular flexibility index (Phi) is 9.82. The molecule has 0 amide bonds. The second kappa shape index (κ2) is 9.83. The van der Waals surface area contributed by atoms with Crippen LogP contribution >= 0.6 is 51.5 Å². The van der Waals surface area contributed by atoms with Gasteiger partial charge in [-0.25, -0.2) is 4.99 Å². The molecule has 2 N–H and O–H groups in total. The molecule has 0 saturated heterocycles. The van der Waals surface area contributed by atoms with Gasteiger partial charge in [0.25, 0.3) is 0 Å². The van der Waals surface area contributed by atoms with Gasteiger partial charge in [-0.2, -0.15) is 0 Å². The van der Waals surface area contributed by atoms with Crippen LogP contribution in [0.15, 0.2) is 27.7 Å². The van der Waals surface area contributed by atoms with Crippen molar-refractivity contribution in [3.63, 3.8) is 0 Å². The molecule has 0 aromatic heterocycles. The van der Waals surface area contributed by atoms with Gasteiger partial charge in [0.05, 0.1) is 6.54 Å². The smallest absolute Gasteiger partial charge is 0.191 e. The van der Waals surface area contributed by atoms with Crippen LogP contribution in [0.3, 0.4) is 0 Å². The van der Waals surface area contributed by atoms with E-state index in [0.717, 1.165) is 27.6 Å². The van der Waals surface area contributed by atoms with Crippen LogP contribution in [0.5, 0.6) is 0 Å². The molecule has 0 aliphatic carbocycles. The number of nitrogens with one attached hydrogen (secondary N) is 2. The fourth-order valence-corrected chi connectivity index (χ4v) is 2.14. The third-order valence-corrected chi connectivity index (χ3v) is 3.04. The van der Waals surface area contributed by atoms with E-state index in [1.807, 2.05) is 25.1 Å². The third kappa shape index (κ3) is 7.37. The standard InChI is InChI=1S/C13H19BrClN3.HI/c1-4-16-13(18-9(2)3)17-8-10-5-6-11(14)7-12(10)15;/h5-7,9H,4,8H2,1-3H3,(H2,16,17,18);1H. The number of guanidine groups is 1. The Bertz CT molecular complexity index is 424. The highest BCUT2D eigenvalue weighted by molar-refractivity contribution is 14.0. The van der Waals surface area contributed by atoms with Crippen LogP contribution in [0, 0.1) is 0 Å². The van der Waals surface area contributed by atoms with E-state index in [4.69, 9.17) is 11.6 Å². The number of benzene rings is 1. The summed E-state index contributed by atoms with van der Waals surface area (Å²) in [4.78, 5) is 4.51. The van der Waals surface area contributed by atoms with E-state index in [0.29, 0.717) is 12.6 Å². The van der Waals surface area contributed by atoms with Crippen LogP contribution in [0.2, 0.25) is 5.02 Å². The van der Waals surface area contributed by atoms with Crippen LogP contribution in [0.4, 0.5) is 0 Å². The highest BCUT2D eigenvalue weighted by Crippen LogP contribution is 2.21. The molecule has 6 heteroatoms. The summed E-state index contributed by atoms with van der Waals surface area (Å²) in [6.45, 7) is 7.61. The molecule has 0 unspecified atom stereocenters. The van der Waals surface area contributed by atoms with E-state index in [1.165, 1.54) is 0 Å². The molecule has 3 nitrogen and oxygen atoms in total. The van der Waals surface area contributed by atoms with Crippen LogP contribution in [0.1, 0.15) is 26.3 Å². The number of rotatable bonds is 4. The van der Waals surface area contributed by atoms with Gasteiger partial charge in [0.2, 0.25) is 0 Å². The summed E-state index contributed by atoms with van der Waals surface area (Å²) in [5.74, 6) is 0.812. The lowest BCUT2D eigenvalue weighted by Crippen LogP contribution is -2.41. The Balaban J connectivity index is 0.00000324. The van der Waals surface area contributed by atoms with Crippen molar-refractivity contribution >= 4 is 57.5 Å². The predicted molar refractivity (Wildman–Crippen MR) is 97.7 cm³/mol. The first-order valence-corrected chi connectivity index (χ1v) is 7.18. The van der Waals surface area contributed by atoms with Gasteiger partial charge in [-0.1, -0.05) is 33.6 Å². The number of hydrogen-bond acceptors (Lipinski definition) is 1. The molecular formula is C13H20BrClIN3. The molecule has 1 aromatic rings. The van der Waals surface area contributed by atoms with Crippen LogP contribution in [0.25, 0.3) is 0 Å². The molecule has 0 aliphatic rings. The number of hydrogen-bond donors (Lipinski definition) is 2. The van der Waals surface area contributed by atoms with Gasteiger partial charge in [-0.05, 0) is 38.5 Å². The largest absolute Gasteiger partial charge is 0.357 e. The molecule has 0 atom stereocenters. The molecule has 0 fully saturated rings. The molecule has 1 aromatic carbocycles. The monoisotopic (exact) mass is 459 g/mol. The van der Waals surface area contributed by atoms with Gasteiger partial charge in [0.1, 0.15) is 0 Å². The van der Waals surface area contributed by atoms with Crippen molar-refractivity contribution in [1.29, 1.82) is 0 Å². The van der Waals surface area contributed by atoms with Crippen molar-refractivity contribution in [3.8, 4) is 0 Å². The lowest BCUT2D eigenvalue weighted by molar-refractivity contribution is 0.700. The Morgan fingerprint density at radius 2 is 2.11 bits per heavy atom. The van der Waals surface area contributed by atoms with E-state index >= 15 is 0 Å². The van der Waals surface area contributed by atoms with Crippen molar-refractivity contribution in [2.24, 2.45) is 4.99 Å². The summed E-state index contributed by atoms with van der Waals surface area (Å²) >= 11 is 9.54. The summed E-state index contributed by atoms with van der Waals surface area (Å²) in [5, 5.41) is 7.20. The van der Waals surface area contributed by atoms with E-state index < -0.39 is 0 Å². The zero-order chi connectivity index (χ0) is 13.5. The minimum absolute atomic E-state index is 0. The van der Waals surface area contributed by atoms with Gasteiger partial charge in [-0.15, -0.1) is 24.0 Å². The maximum Gasteiger partial charge on any atom is 0.191 e. The molecule has 0 saturated carbocycles. The Morgan fingerprint density at radius 1 is 1.42 bits per heavy atom. The first-order valence-electron chi connectivity index (χ1n) is 6.01. The average Bonchev–Trinajstić information content (AvgIpc) is 2.27. The van der Waals surface area contributed by atoms with Crippen LogP contribution < -0.4 is 10.6 Å². The van der Waals surface area contributed by atoms with Crippen LogP contribution in [-0.4, -0.2) is 18.5 Å². The molecule has 0 bridgehead atoms. The normalized spacial score (nSPS) is 11.2. The summed E-state index contributed by atoms with van der Waals surface area (Å²) in [6.07, 6.45) is 0. The molecular weight excluding hydrogens is 440 g/mol. The average molecular weight is 461 g/mol. The highest BCUT2D eigenvalue weighted by Gasteiger charge is 2.02. The zero-order valence-corrected chi connectivity index (χ0v) is 16.0. The summed E-state index contributed by atoms with van der Waals surface area (Å²) in [7, 11) is 0. The fourth-order valence-electron chi connectivity index (χ4n) is 1.41. The van der Waals surface area contributed by atoms with E-state index in [2.05, 4.69) is 45.4 Å². The lowest BCUT2D eigenvalue weighted by atomic mass is 10.2. The van der Waals surface area contributed by atoms with Crippen molar-refractivity contribution < 1.29 is 0 Å². The SMILES string of the molecule is CCNC(=NCc1ccc(Br)cc1Cl)NC(C)C.I. The van der Waals surface area contributed by atoms with Crippen molar-refractivity contribution in [1.82, 2.24) is 10.6 Å². The molecule has 0 aliphatic heterocycles. The molecule has 0 radical (unpaired) electrons. The molecule has 0 spiro atoms. The van der Waals surface area contributed by atoms with Crippen molar-refractivity contribution in [3.05, 3.63) is 33.3 Å². The predicted octanol–water partition coefficient (Wildman–Crippen LogP) is 4.18. The van der Waals surface area contributed by atoms with Gasteiger partial charge < -0.3 is 10.6 Å². The Labute approximate surface area is 145 Å². The minimum atomic E-state index is 0. The van der Waals surface area contributed by atoms with E-state index in [-0.39, 0.29) is 24.0 Å². The zero-order valence-electron chi connectivity index (χ0n) is 11.3. The van der Waals surface area contributed by atoms with Gasteiger partial charge in [-0.3, -0.25) is 0 Å². The van der Waals surface area contributed by atoms with Gasteiger partial charge in [0.15, 0.2) is 5.96 Å². The van der Waals surface area contributed by atoms with E-state index in [1.54, 1.807) is 0 Å². The summed E-state index contributed by atoms with van der Waals surface area (Å²) in [6, 6.07) is 6.19. The molecule has 1 rings (SSSR count). The van der Waals surface area contributed by atoms with Crippen molar-refractivity contribution in [2.45, 2.75) is 33.4 Å². The fraction of sp³-hybridized carbons (Fsp3) is 0.462. The Hall–Kier alpha value is -0.0100. The van der Waals surface area contributed by atoms with Crippen LogP contribution in [-0.2, 0) is 6.54 Å². The summed E-state index contributed by atoms with van der Waals surface area (Å²) < 4.78 is 0.979. The van der Waals surface area contributed by atoms with Gasteiger partial charge in [0, 0.05) is 22.1 Å². The molecule has 108 valence electrons. The minimum Gasteiger partial charge on any atom is -0.357 e. The first kappa shape index (κ1) is 19.0. The molecule has 19 heavy (non-hydrogen) atoms. The van der Waals surface area contributed by atoms with Crippen molar-refractivity contribution in [2.75, 3.05) is 6.54 Å². The number of aliphatic imine (C=N–C) groups is 1. The number of nitrogens with zero attached hydrogens (tertiary/aromatic N) is 1. The maximum absolute atomic E-state index is 6.16. The van der Waals surface area contributed by atoms with Gasteiger partial charge >= 0.3 is 0 Å². The molecule has 0 heterocycles. The summed E-state index contributed by atoms with van der Waals surface area (Å²) in [5.41, 5.74) is 1.01. The topological polar surface area (TPSA) is 36.4 Å². The second-order valence-corrected chi connectivity index (χ2v) is 5.55. The third-order valence-electron chi connectivity index (χ3n) is 2.19.